The summed E-state index contributed by atoms with van der Waals surface area (Å²) in [4.78, 5) is 16.8. The van der Waals surface area contributed by atoms with Crippen LogP contribution in [0.3, 0.4) is 0 Å². The van der Waals surface area contributed by atoms with Gasteiger partial charge in [-0.3, -0.25) is 14.3 Å². The zero-order chi connectivity index (χ0) is 23.2. The minimum absolute atomic E-state index is 0.107. The second kappa shape index (κ2) is 10.4. The van der Waals surface area contributed by atoms with Crippen molar-refractivity contribution in [2.45, 2.75) is 17.8 Å². The van der Waals surface area contributed by atoms with Crippen molar-refractivity contribution in [1.29, 1.82) is 0 Å². The molecule has 0 saturated carbocycles. The van der Waals surface area contributed by atoms with Gasteiger partial charge in [-0.05, 0) is 29.8 Å². The minimum Gasteiger partial charge on any atom is -0.486 e. The molecule has 34 heavy (non-hydrogen) atoms. The quantitative estimate of drug-likeness (QED) is 0.392. The number of pyridine rings is 1. The normalized spacial score (nSPS) is 14.5. The standard InChI is InChI=1S/C25H23N5O3S/c31-23(27-14-20-16-32-21-10-4-5-11-22(21)33-20)17-34-25-29-28-24(19-9-6-12-26-13-19)30(25)15-18-7-2-1-3-8-18/h1-13,20H,14-17H2,(H,27,31)/t20-/m0/s1. The Hall–Kier alpha value is -3.85. The number of carbonyl (C=O) groups excluding carboxylic acids is 1. The molecular weight excluding hydrogens is 450 g/mol. The summed E-state index contributed by atoms with van der Waals surface area (Å²) in [5.74, 6) is 2.24. The van der Waals surface area contributed by atoms with Crippen LogP contribution in [0, 0.1) is 0 Å². The van der Waals surface area contributed by atoms with Gasteiger partial charge in [-0.2, -0.15) is 0 Å². The number of rotatable bonds is 8. The third kappa shape index (κ3) is 5.20. The fraction of sp³-hybridized carbons (Fsp3) is 0.200. The number of para-hydroxylation sites is 2. The lowest BCUT2D eigenvalue weighted by atomic mass is 10.2. The van der Waals surface area contributed by atoms with E-state index in [9.17, 15) is 4.79 Å². The molecule has 1 amide bonds. The number of aromatic nitrogens is 4. The number of ether oxygens (including phenoxy) is 2. The zero-order valence-corrected chi connectivity index (χ0v) is 19.1. The van der Waals surface area contributed by atoms with Crippen LogP contribution in [0.1, 0.15) is 5.56 Å². The first-order valence-corrected chi connectivity index (χ1v) is 11.9. The summed E-state index contributed by atoms with van der Waals surface area (Å²) in [5, 5.41) is 12.3. The Kier molecular flexibility index (Phi) is 6.71. The molecular formula is C25H23N5O3S. The van der Waals surface area contributed by atoms with Gasteiger partial charge >= 0.3 is 0 Å². The maximum Gasteiger partial charge on any atom is 0.230 e. The predicted molar refractivity (Wildman–Crippen MR) is 129 cm³/mol. The fourth-order valence-electron chi connectivity index (χ4n) is 3.59. The van der Waals surface area contributed by atoms with Crippen molar-refractivity contribution in [2.24, 2.45) is 0 Å². The van der Waals surface area contributed by atoms with Gasteiger partial charge in [0.05, 0.1) is 18.8 Å². The van der Waals surface area contributed by atoms with Crippen molar-refractivity contribution in [3.05, 3.63) is 84.7 Å². The van der Waals surface area contributed by atoms with Gasteiger partial charge in [0.2, 0.25) is 5.91 Å². The number of carbonyl (C=O) groups is 1. The number of benzene rings is 2. The third-order valence-electron chi connectivity index (χ3n) is 5.25. The maximum atomic E-state index is 12.6. The van der Waals surface area contributed by atoms with E-state index in [4.69, 9.17) is 9.47 Å². The summed E-state index contributed by atoms with van der Waals surface area (Å²) in [6.07, 6.45) is 3.25. The number of fused-ring (bicyclic) bond motifs is 1. The highest BCUT2D eigenvalue weighted by Gasteiger charge is 2.21. The third-order valence-corrected chi connectivity index (χ3v) is 6.21. The molecule has 0 spiro atoms. The molecule has 1 aliphatic heterocycles. The summed E-state index contributed by atoms with van der Waals surface area (Å²) in [6.45, 7) is 1.35. The van der Waals surface area contributed by atoms with Crippen LogP contribution < -0.4 is 14.8 Å². The number of hydrogen-bond donors (Lipinski definition) is 1. The Balaban J connectivity index is 1.22. The van der Waals surface area contributed by atoms with E-state index < -0.39 is 0 Å². The van der Waals surface area contributed by atoms with E-state index in [0.29, 0.717) is 36.4 Å². The summed E-state index contributed by atoms with van der Waals surface area (Å²) >= 11 is 1.35. The Labute approximate surface area is 201 Å². The first-order chi connectivity index (χ1) is 16.8. The molecule has 3 heterocycles. The van der Waals surface area contributed by atoms with Crippen molar-refractivity contribution in [3.63, 3.8) is 0 Å². The highest BCUT2D eigenvalue weighted by molar-refractivity contribution is 7.99. The van der Waals surface area contributed by atoms with E-state index in [2.05, 4.69) is 32.6 Å². The van der Waals surface area contributed by atoms with Gasteiger partial charge in [0.15, 0.2) is 22.5 Å². The number of thioether (sulfide) groups is 1. The average Bonchev–Trinajstić information content (AvgIpc) is 3.29. The Bertz CT molecular complexity index is 1250. The van der Waals surface area contributed by atoms with Gasteiger partial charge in [0.25, 0.3) is 0 Å². The van der Waals surface area contributed by atoms with E-state index in [1.165, 1.54) is 11.8 Å². The molecule has 4 aromatic rings. The highest BCUT2D eigenvalue weighted by Crippen LogP contribution is 2.30. The van der Waals surface area contributed by atoms with E-state index in [1.54, 1.807) is 12.4 Å². The van der Waals surface area contributed by atoms with Crippen LogP contribution >= 0.6 is 11.8 Å². The van der Waals surface area contributed by atoms with Gasteiger partial charge in [-0.25, -0.2) is 0 Å². The van der Waals surface area contributed by atoms with E-state index in [1.807, 2.05) is 59.2 Å². The van der Waals surface area contributed by atoms with Crippen LogP contribution in [0.15, 0.2) is 84.3 Å². The Morgan fingerprint density at radius 1 is 1.03 bits per heavy atom. The molecule has 0 radical (unpaired) electrons. The molecule has 1 N–H and O–H groups in total. The lowest BCUT2D eigenvalue weighted by Gasteiger charge is -2.26. The molecule has 1 atom stereocenters. The van der Waals surface area contributed by atoms with Crippen LogP contribution in [-0.4, -0.2) is 50.7 Å². The van der Waals surface area contributed by atoms with Crippen molar-refractivity contribution in [3.8, 4) is 22.9 Å². The monoisotopic (exact) mass is 473 g/mol. The Morgan fingerprint density at radius 3 is 2.68 bits per heavy atom. The van der Waals surface area contributed by atoms with Gasteiger partial charge in [0.1, 0.15) is 12.7 Å². The van der Waals surface area contributed by atoms with Crippen molar-refractivity contribution in [1.82, 2.24) is 25.1 Å². The van der Waals surface area contributed by atoms with Gasteiger partial charge in [-0.1, -0.05) is 54.2 Å². The van der Waals surface area contributed by atoms with E-state index in [-0.39, 0.29) is 17.8 Å². The van der Waals surface area contributed by atoms with Gasteiger partial charge in [0, 0.05) is 18.0 Å². The molecule has 172 valence electrons. The largest absolute Gasteiger partial charge is 0.486 e. The molecule has 8 nitrogen and oxygen atoms in total. The molecule has 2 aromatic carbocycles. The summed E-state index contributed by atoms with van der Waals surface area (Å²) in [5.41, 5.74) is 1.99. The van der Waals surface area contributed by atoms with Crippen molar-refractivity contribution in [2.75, 3.05) is 18.9 Å². The topological polar surface area (TPSA) is 91.2 Å². The smallest absolute Gasteiger partial charge is 0.230 e. The van der Waals surface area contributed by atoms with Crippen LogP contribution in [-0.2, 0) is 11.3 Å². The maximum absolute atomic E-state index is 12.6. The van der Waals surface area contributed by atoms with Crippen molar-refractivity contribution >= 4 is 17.7 Å². The minimum atomic E-state index is -0.234. The molecule has 0 unspecified atom stereocenters. The molecule has 0 saturated heterocycles. The van der Waals surface area contributed by atoms with Crippen LogP contribution in [0.5, 0.6) is 11.5 Å². The summed E-state index contributed by atoms with van der Waals surface area (Å²) in [6, 6.07) is 21.4. The molecule has 0 bridgehead atoms. The highest BCUT2D eigenvalue weighted by atomic mass is 32.2. The van der Waals surface area contributed by atoms with Crippen LogP contribution in [0.25, 0.3) is 11.4 Å². The lowest BCUT2D eigenvalue weighted by molar-refractivity contribution is -0.119. The number of nitrogens with one attached hydrogen (secondary N) is 1. The molecule has 2 aromatic heterocycles. The first-order valence-electron chi connectivity index (χ1n) is 10.9. The SMILES string of the molecule is O=C(CSc1nnc(-c2cccnc2)n1Cc1ccccc1)NC[C@H]1COc2ccccc2O1. The van der Waals surface area contributed by atoms with Gasteiger partial charge < -0.3 is 14.8 Å². The van der Waals surface area contributed by atoms with Gasteiger partial charge in [-0.15, -0.1) is 10.2 Å². The number of hydrogen-bond acceptors (Lipinski definition) is 7. The summed E-state index contributed by atoms with van der Waals surface area (Å²) in [7, 11) is 0. The molecule has 1 aliphatic rings. The number of nitrogens with zero attached hydrogens (tertiary/aromatic N) is 4. The van der Waals surface area contributed by atoms with Crippen LogP contribution in [0.2, 0.25) is 0 Å². The average molecular weight is 474 g/mol. The molecule has 0 aliphatic carbocycles. The molecule has 9 heteroatoms. The van der Waals surface area contributed by atoms with E-state index in [0.717, 1.165) is 16.9 Å². The Morgan fingerprint density at radius 2 is 1.85 bits per heavy atom. The number of amides is 1. The summed E-state index contributed by atoms with van der Waals surface area (Å²) < 4.78 is 13.6. The van der Waals surface area contributed by atoms with Crippen molar-refractivity contribution < 1.29 is 14.3 Å². The first kappa shape index (κ1) is 22.0. The second-order valence-electron chi connectivity index (χ2n) is 7.71. The fourth-order valence-corrected chi connectivity index (χ4v) is 4.35. The second-order valence-corrected chi connectivity index (χ2v) is 8.65. The van der Waals surface area contributed by atoms with E-state index >= 15 is 0 Å². The zero-order valence-electron chi connectivity index (χ0n) is 18.3. The van der Waals surface area contributed by atoms with Crippen LogP contribution in [0.4, 0.5) is 0 Å². The molecule has 5 rings (SSSR count). The predicted octanol–water partition coefficient (Wildman–Crippen LogP) is 3.44. The lowest BCUT2D eigenvalue weighted by Crippen LogP contribution is -2.41. The molecule has 0 fully saturated rings.